The minimum atomic E-state index is 0. The van der Waals surface area contributed by atoms with Crippen LogP contribution < -0.4 is 5.73 Å². The van der Waals surface area contributed by atoms with E-state index in [9.17, 15) is 4.79 Å². The third kappa shape index (κ3) is 9.67. The van der Waals surface area contributed by atoms with Crippen LogP contribution in [0.25, 0.3) is 20.2 Å². The maximum atomic E-state index is 13.3. The molecular weight excluding hydrogens is 786 g/mol. The zero-order valence-corrected chi connectivity index (χ0v) is 37.4. The van der Waals surface area contributed by atoms with Crippen molar-refractivity contribution < 1.29 is 23.9 Å². The average molecular weight is 851 g/mol. The van der Waals surface area contributed by atoms with Crippen LogP contribution >= 0.6 is 35.1 Å². The Kier molecular flexibility index (Phi) is 15.5. The van der Waals surface area contributed by atoms with Gasteiger partial charge in [-0.05, 0) is 174 Å². The van der Waals surface area contributed by atoms with Gasteiger partial charge < -0.3 is 15.2 Å². The molecule has 8 saturated heterocycles. The fourth-order valence-corrected chi connectivity index (χ4v) is 13.1. The molecule has 0 radical (unpaired) electrons. The largest absolute Gasteiger partial charge is 0.381 e. The molecule has 0 amide bonds. The van der Waals surface area contributed by atoms with Crippen molar-refractivity contribution in [3.63, 3.8) is 0 Å². The Morgan fingerprint density at radius 2 is 1.22 bits per heavy atom. The van der Waals surface area contributed by atoms with Gasteiger partial charge in [-0.3, -0.25) is 14.6 Å². The molecule has 2 N–H and O–H groups in total. The SMILES string of the molecule is CC1(C)[C@H](CC(=O)c2cc3cccc(C4CCOCC4)c3s2)C2CCN1CC2.CC1(C)[C@H](N)C2CCN1CC2.Cl.O=C=O.c1cc(C2CCOCC2)c2sccc2c1. The highest BCUT2D eigenvalue weighted by molar-refractivity contribution is 7.21. The quantitative estimate of drug-likeness (QED) is 0.198. The van der Waals surface area contributed by atoms with Gasteiger partial charge in [0.1, 0.15) is 0 Å². The van der Waals surface area contributed by atoms with E-state index >= 15 is 0 Å². The number of hydrogen-bond donors (Lipinski definition) is 1. The zero-order chi connectivity index (χ0) is 40.2. The monoisotopic (exact) mass is 849 g/mol. The van der Waals surface area contributed by atoms with E-state index in [1.165, 1.54) is 96.0 Å². The van der Waals surface area contributed by atoms with Crippen LogP contribution in [0.4, 0.5) is 0 Å². The average Bonchev–Trinajstić information content (AvgIpc) is 3.91. The number of Topliss-reactive ketones (excluding diaryl/α,β-unsaturated/α-hetero) is 1. The molecule has 11 heteroatoms. The van der Waals surface area contributed by atoms with Crippen LogP contribution in [0.2, 0.25) is 0 Å². The Bertz CT molecular complexity index is 1970. The van der Waals surface area contributed by atoms with E-state index in [0.29, 0.717) is 36.0 Å². The van der Waals surface area contributed by atoms with Crippen LogP contribution in [-0.4, -0.2) is 91.5 Å². The number of hydrogen-bond acceptors (Lipinski definition) is 10. The maximum Gasteiger partial charge on any atom is 0.373 e. The summed E-state index contributed by atoms with van der Waals surface area (Å²) in [5.41, 5.74) is 9.53. The summed E-state index contributed by atoms with van der Waals surface area (Å²) in [4.78, 5) is 35.7. The van der Waals surface area contributed by atoms with Gasteiger partial charge in [0.05, 0.1) is 4.88 Å². The van der Waals surface area contributed by atoms with Crippen molar-refractivity contribution in [1.29, 1.82) is 0 Å². The summed E-state index contributed by atoms with van der Waals surface area (Å²) in [5.74, 6) is 3.64. The molecule has 2 aromatic heterocycles. The van der Waals surface area contributed by atoms with E-state index in [1.807, 2.05) is 11.3 Å². The number of benzene rings is 2. The second-order valence-corrected chi connectivity index (χ2v) is 20.1. The molecule has 8 aliphatic heterocycles. The lowest BCUT2D eigenvalue weighted by Crippen LogP contribution is -2.67. The molecule has 4 bridgehead atoms. The molecule has 316 valence electrons. The predicted octanol–water partition coefficient (Wildman–Crippen LogP) is 9.94. The summed E-state index contributed by atoms with van der Waals surface area (Å²) < 4.78 is 13.8. The third-order valence-electron chi connectivity index (χ3n) is 14.6. The van der Waals surface area contributed by atoms with Gasteiger partial charge in [-0.1, -0.05) is 36.4 Å². The molecule has 8 nitrogen and oxygen atoms in total. The molecule has 2 atom stereocenters. The highest BCUT2D eigenvalue weighted by Crippen LogP contribution is 2.47. The van der Waals surface area contributed by atoms with Crippen molar-refractivity contribution in [2.75, 3.05) is 52.6 Å². The van der Waals surface area contributed by atoms with E-state index in [4.69, 9.17) is 24.8 Å². The molecule has 0 aliphatic carbocycles. The van der Waals surface area contributed by atoms with Crippen LogP contribution in [-0.2, 0) is 19.1 Å². The van der Waals surface area contributed by atoms with Crippen LogP contribution in [0.5, 0.6) is 0 Å². The number of carbonyl (C=O) groups is 1. The first-order chi connectivity index (χ1) is 27.5. The van der Waals surface area contributed by atoms with Crippen LogP contribution in [0, 0.1) is 17.8 Å². The fourth-order valence-electron chi connectivity index (χ4n) is 10.9. The first-order valence-electron chi connectivity index (χ1n) is 21.4. The number of thiophene rings is 2. The Balaban J connectivity index is 0.000000158. The molecule has 0 unspecified atom stereocenters. The number of carbonyl (C=O) groups excluding carboxylic acids is 3. The minimum absolute atomic E-state index is 0. The fraction of sp³-hybridized carbons (Fsp3) is 0.617. The van der Waals surface area contributed by atoms with Gasteiger partial charge in [-0.15, -0.1) is 35.1 Å². The normalized spacial score (nSPS) is 28.4. The van der Waals surface area contributed by atoms with Crippen LogP contribution in [0.3, 0.4) is 0 Å². The molecule has 2 aromatic carbocycles. The van der Waals surface area contributed by atoms with E-state index in [-0.39, 0.29) is 29.6 Å². The van der Waals surface area contributed by atoms with Crippen molar-refractivity contribution in [3.8, 4) is 0 Å². The van der Waals surface area contributed by atoms with E-state index in [2.05, 4.69) is 91.4 Å². The first-order valence-corrected chi connectivity index (χ1v) is 23.1. The number of fused-ring (bicyclic) bond motifs is 8. The number of rotatable bonds is 5. The molecule has 8 fully saturated rings. The van der Waals surface area contributed by atoms with E-state index < -0.39 is 0 Å². The summed E-state index contributed by atoms with van der Waals surface area (Å²) >= 11 is 3.60. The van der Waals surface area contributed by atoms with Crippen molar-refractivity contribution in [2.24, 2.45) is 23.5 Å². The number of ketones is 1. The van der Waals surface area contributed by atoms with Crippen molar-refractivity contribution in [1.82, 2.24) is 9.80 Å². The number of halogens is 1. The molecule has 10 heterocycles. The lowest BCUT2D eigenvalue weighted by atomic mass is 9.65. The summed E-state index contributed by atoms with van der Waals surface area (Å²) in [7, 11) is 0. The first kappa shape index (κ1) is 45.0. The molecule has 0 spiro atoms. The van der Waals surface area contributed by atoms with Gasteiger partial charge >= 0.3 is 6.15 Å². The van der Waals surface area contributed by atoms with Crippen LogP contribution in [0.1, 0.15) is 118 Å². The zero-order valence-electron chi connectivity index (χ0n) is 34.9. The standard InChI is InChI=1S/C24H31NO2S.C13H14OS.C9H18N2.CO2.ClH/c1-24(2)20(17-6-10-25(24)11-7-17)15-21(26)22-14-18-4-3-5-19(23(18)28-22)16-8-12-27-13-9-16;1-2-11-6-9-15-13(11)12(3-1)10-4-7-14-8-5-10;1-9(2)8(10)7-3-5-11(9)6-4-7;2-1-3;/h3-5,14,16-17,20H,6-13,15H2,1-2H3;1-3,6,9-10H,4-5,7-8H2;7-8H,3-6,10H2,1-2H3;;1H/t20-;;8-;;/m1.1../s1. The number of ether oxygens (including phenoxy) is 2. The minimum Gasteiger partial charge on any atom is -0.381 e. The molecule has 8 aliphatic rings. The summed E-state index contributed by atoms with van der Waals surface area (Å²) in [6, 6.07) is 18.0. The van der Waals surface area contributed by atoms with Gasteiger partial charge in [-0.2, -0.15) is 9.59 Å². The lowest BCUT2D eigenvalue weighted by molar-refractivity contribution is -0.191. The van der Waals surface area contributed by atoms with Gasteiger partial charge in [0.25, 0.3) is 0 Å². The third-order valence-corrected chi connectivity index (χ3v) is 16.8. The topological polar surface area (TPSA) is 102 Å². The van der Waals surface area contributed by atoms with E-state index in [0.717, 1.165) is 56.0 Å². The highest BCUT2D eigenvalue weighted by atomic mass is 35.5. The Labute approximate surface area is 359 Å². The molecular formula is C47H64ClN3O5S2. The van der Waals surface area contributed by atoms with E-state index in [1.54, 1.807) is 11.3 Å². The highest BCUT2D eigenvalue weighted by Gasteiger charge is 2.48. The number of nitrogens with zero attached hydrogens (tertiary/aromatic N) is 2. The lowest BCUT2D eigenvalue weighted by Gasteiger charge is -2.56. The summed E-state index contributed by atoms with van der Waals surface area (Å²) in [5, 5.41) is 4.82. The summed E-state index contributed by atoms with van der Waals surface area (Å²) in [6.07, 6.45) is 10.7. The van der Waals surface area contributed by atoms with Gasteiger partial charge in [-0.25, -0.2) is 0 Å². The Hall–Kier alpha value is -2.50. The maximum absolute atomic E-state index is 13.3. The molecule has 0 saturated carbocycles. The number of nitrogens with two attached hydrogens (primary N) is 1. The van der Waals surface area contributed by atoms with Crippen molar-refractivity contribution in [3.05, 3.63) is 69.9 Å². The van der Waals surface area contributed by atoms with Crippen LogP contribution in [0.15, 0.2) is 53.9 Å². The molecule has 58 heavy (non-hydrogen) atoms. The smallest absolute Gasteiger partial charge is 0.373 e. The van der Waals surface area contributed by atoms with Gasteiger partial charge in [0.15, 0.2) is 5.78 Å². The van der Waals surface area contributed by atoms with Crippen molar-refractivity contribution in [2.45, 2.75) is 114 Å². The molecule has 4 aromatic rings. The predicted molar refractivity (Wildman–Crippen MR) is 239 cm³/mol. The second-order valence-electron chi connectivity index (χ2n) is 18.1. The second kappa shape index (κ2) is 19.9. The number of piperidine rings is 6. The molecule has 12 rings (SSSR count). The van der Waals surface area contributed by atoms with Gasteiger partial charge in [0, 0.05) is 59.4 Å². The Morgan fingerprint density at radius 3 is 1.72 bits per heavy atom. The van der Waals surface area contributed by atoms with Crippen molar-refractivity contribution >= 4 is 67.2 Å². The Morgan fingerprint density at radius 1 is 0.724 bits per heavy atom. The van der Waals surface area contributed by atoms with Gasteiger partial charge in [0.2, 0.25) is 0 Å². The summed E-state index contributed by atoms with van der Waals surface area (Å²) in [6.45, 7) is 17.8.